The molecule has 0 amide bonds. The largest absolute Gasteiger partial charge is 0.395 e. The third-order valence-corrected chi connectivity index (χ3v) is 2.44. The maximum absolute atomic E-state index is 5.84. The quantitative estimate of drug-likeness (QED) is 0.422. The van der Waals surface area contributed by atoms with Crippen molar-refractivity contribution in [1.29, 1.82) is 0 Å². The Kier molecular flexibility index (Phi) is 4.86. The predicted octanol–water partition coefficient (Wildman–Crippen LogP) is 3.27. The van der Waals surface area contributed by atoms with E-state index in [4.69, 9.17) is 16.4 Å². The summed E-state index contributed by atoms with van der Waals surface area (Å²) in [7, 11) is 0. The fourth-order valence-corrected chi connectivity index (χ4v) is 1.78. The number of nitrogens with zero attached hydrogens (tertiary/aromatic N) is 1. The van der Waals surface area contributed by atoms with Crippen molar-refractivity contribution in [2.45, 2.75) is 19.8 Å². The lowest BCUT2D eigenvalue weighted by Crippen LogP contribution is -1.94. The fraction of sp³-hybridized carbons (Fsp3) is 0.444. The van der Waals surface area contributed by atoms with Gasteiger partial charge in [-0.1, -0.05) is 29.7 Å². The molecular formula is C9H12ClNOS. The van der Waals surface area contributed by atoms with Crippen LogP contribution < -0.4 is 0 Å². The number of halogens is 1. The molecule has 4 heteroatoms. The van der Waals surface area contributed by atoms with Crippen LogP contribution in [0.4, 0.5) is 0 Å². The highest BCUT2D eigenvalue weighted by molar-refractivity contribution is 7.10. The van der Waals surface area contributed by atoms with Gasteiger partial charge in [-0.05, 0) is 17.9 Å². The first kappa shape index (κ1) is 10.5. The summed E-state index contributed by atoms with van der Waals surface area (Å²) in [6.45, 7) is 2.66. The van der Waals surface area contributed by atoms with Crippen molar-refractivity contribution < 1.29 is 4.84 Å². The van der Waals surface area contributed by atoms with E-state index in [0.29, 0.717) is 18.2 Å². The van der Waals surface area contributed by atoms with E-state index in [9.17, 15) is 0 Å². The van der Waals surface area contributed by atoms with Gasteiger partial charge in [0.2, 0.25) is 0 Å². The molecule has 0 aliphatic rings. The summed E-state index contributed by atoms with van der Waals surface area (Å²) in [5.74, 6) is 0. The maximum Gasteiger partial charge on any atom is 0.150 e. The van der Waals surface area contributed by atoms with Crippen molar-refractivity contribution in [1.82, 2.24) is 0 Å². The minimum absolute atomic E-state index is 0.510. The first-order chi connectivity index (χ1) is 6.33. The van der Waals surface area contributed by atoms with Gasteiger partial charge in [0.25, 0.3) is 0 Å². The van der Waals surface area contributed by atoms with Crippen LogP contribution in [-0.4, -0.2) is 11.8 Å². The summed E-state index contributed by atoms with van der Waals surface area (Å²) in [6, 6.07) is 4.03. The van der Waals surface area contributed by atoms with E-state index in [2.05, 4.69) is 5.16 Å². The van der Waals surface area contributed by atoms with Crippen LogP contribution in [0.3, 0.4) is 0 Å². The van der Waals surface area contributed by atoms with Gasteiger partial charge in [-0.2, -0.15) is 0 Å². The first-order valence-electron chi connectivity index (χ1n) is 4.19. The molecule has 0 atom stereocenters. The molecule has 13 heavy (non-hydrogen) atoms. The van der Waals surface area contributed by atoms with Gasteiger partial charge < -0.3 is 4.84 Å². The van der Waals surface area contributed by atoms with Gasteiger partial charge >= 0.3 is 0 Å². The highest BCUT2D eigenvalue weighted by atomic mass is 35.5. The molecule has 1 aromatic heterocycles. The molecule has 0 aliphatic heterocycles. The van der Waals surface area contributed by atoms with Crippen molar-refractivity contribution in [2.24, 2.45) is 5.16 Å². The molecular weight excluding hydrogens is 206 g/mol. The summed E-state index contributed by atoms with van der Waals surface area (Å²) in [5, 5.41) is 6.31. The smallest absolute Gasteiger partial charge is 0.150 e. The molecule has 0 unspecified atom stereocenters. The lowest BCUT2D eigenvalue weighted by atomic mass is 10.4. The molecule has 0 radical (unpaired) electrons. The molecule has 1 aromatic rings. The number of thiophene rings is 1. The Bertz CT molecular complexity index is 259. The van der Waals surface area contributed by atoms with E-state index < -0.39 is 0 Å². The topological polar surface area (TPSA) is 21.6 Å². The van der Waals surface area contributed by atoms with E-state index in [-0.39, 0.29) is 0 Å². The van der Waals surface area contributed by atoms with Gasteiger partial charge in [0.15, 0.2) is 5.17 Å². The SMILES string of the molecule is CCCON=C(Cl)Cc1cccs1. The lowest BCUT2D eigenvalue weighted by molar-refractivity contribution is 0.145. The fourth-order valence-electron chi connectivity index (χ4n) is 0.796. The van der Waals surface area contributed by atoms with E-state index in [0.717, 1.165) is 6.42 Å². The van der Waals surface area contributed by atoms with Crippen LogP contribution >= 0.6 is 22.9 Å². The van der Waals surface area contributed by atoms with Gasteiger partial charge in [0, 0.05) is 11.3 Å². The van der Waals surface area contributed by atoms with Gasteiger partial charge in [-0.3, -0.25) is 0 Å². The minimum Gasteiger partial charge on any atom is -0.395 e. The van der Waals surface area contributed by atoms with Crippen LogP contribution in [0, 0.1) is 0 Å². The molecule has 2 nitrogen and oxygen atoms in total. The zero-order chi connectivity index (χ0) is 9.52. The Morgan fingerprint density at radius 2 is 2.54 bits per heavy atom. The Morgan fingerprint density at radius 1 is 1.69 bits per heavy atom. The summed E-state index contributed by atoms with van der Waals surface area (Å²) in [4.78, 5) is 6.16. The molecule has 1 rings (SSSR count). The molecule has 0 saturated heterocycles. The molecule has 0 N–H and O–H groups in total. The van der Waals surface area contributed by atoms with Crippen molar-refractivity contribution >= 4 is 28.1 Å². The number of hydrogen-bond donors (Lipinski definition) is 0. The van der Waals surface area contributed by atoms with Crippen LogP contribution in [-0.2, 0) is 11.3 Å². The molecule has 0 aliphatic carbocycles. The van der Waals surface area contributed by atoms with E-state index in [1.807, 2.05) is 24.4 Å². The predicted molar refractivity (Wildman–Crippen MR) is 57.6 cm³/mol. The summed E-state index contributed by atoms with van der Waals surface area (Å²) in [5.41, 5.74) is 0. The normalized spacial score (nSPS) is 11.7. The van der Waals surface area contributed by atoms with Gasteiger partial charge in [-0.15, -0.1) is 11.3 Å². The average Bonchev–Trinajstić information content (AvgIpc) is 2.57. The second-order valence-corrected chi connectivity index (χ2v) is 4.03. The second-order valence-electron chi connectivity index (χ2n) is 2.56. The zero-order valence-electron chi connectivity index (χ0n) is 7.50. The molecule has 0 spiro atoms. The van der Waals surface area contributed by atoms with Gasteiger partial charge in [0.1, 0.15) is 6.61 Å². The van der Waals surface area contributed by atoms with Crippen molar-refractivity contribution in [3.8, 4) is 0 Å². The zero-order valence-corrected chi connectivity index (χ0v) is 9.07. The molecule has 0 saturated carbocycles. The van der Waals surface area contributed by atoms with Crippen LogP contribution in [0.5, 0.6) is 0 Å². The first-order valence-corrected chi connectivity index (χ1v) is 5.45. The highest BCUT2D eigenvalue weighted by Gasteiger charge is 1.98. The molecule has 0 fully saturated rings. The third-order valence-electron chi connectivity index (χ3n) is 1.36. The minimum atomic E-state index is 0.510. The van der Waals surface area contributed by atoms with Crippen LogP contribution in [0.15, 0.2) is 22.7 Å². The van der Waals surface area contributed by atoms with Gasteiger partial charge in [-0.25, -0.2) is 0 Å². The van der Waals surface area contributed by atoms with Crippen molar-refractivity contribution in [3.63, 3.8) is 0 Å². The monoisotopic (exact) mass is 217 g/mol. The molecule has 0 aromatic carbocycles. The highest BCUT2D eigenvalue weighted by Crippen LogP contribution is 2.11. The summed E-state index contributed by atoms with van der Waals surface area (Å²) < 4.78 is 0. The van der Waals surface area contributed by atoms with Crippen molar-refractivity contribution in [2.75, 3.05) is 6.61 Å². The number of oxime groups is 1. The summed E-state index contributed by atoms with van der Waals surface area (Å²) >= 11 is 7.51. The Hall–Kier alpha value is -0.540. The van der Waals surface area contributed by atoms with Gasteiger partial charge in [0.05, 0.1) is 0 Å². The third kappa shape index (κ3) is 4.29. The van der Waals surface area contributed by atoms with E-state index in [1.54, 1.807) is 11.3 Å². The number of hydrogen-bond acceptors (Lipinski definition) is 3. The van der Waals surface area contributed by atoms with E-state index >= 15 is 0 Å². The Balaban J connectivity index is 2.32. The summed E-state index contributed by atoms with van der Waals surface area (Å²) in [6.07, 6.45) is 1.62. The Morgan fingerprint density at radius 3 is 3.15 bits per heavy atom. The Labute approximate surface area is 87.2 Å². The molecule has 0 bridgehead atoms. The van der Waals surface area contributed by atoms with Crippen LogP contribution in [0.1, 0.15) is 18.2 Å². The van der Waals surface area contributed by atoms with Crippen LogP contribution in [0.2, 0.25) is 0 Å². The van der Waals surface area contributed by atoms with Crippen molar-refractivity contribution in [3.05, 3.63) is 22.4 Å². The molecule has 72 valence electrons. The molecule has 1 heterocycles. The van der Waals surface area contributed by atoms with Crippen LogP contribution in [0.25, 0.3) is 0 Å². The lowest BCUT2D eigenvalue weighted by Gasteiger charge is -1.96. The second kappa shape index (κ2) is 6.00. The van der Waals surface area contributed by atoms with E-state index in [1.165, 1.54) is 4.88 Å². The average molecular weight is 218 g/mol. The number of rotatable bonds is 5. The maximum atomic E-state index is 5.84. The standard InChI is InChI=1S/C9H12ClNOS/c1-2-5-12-11-9(10)7-8-4-3-6-13-8/h3-4,6H,2,5,7H2,1H3.